The van der Waals surface area contributed by atoms with Crippen LogP contribution in [0.5, 0.6) is 0 Å². The summed E-state index contributed by atoms with van der Waals surface area (Å²) in [5.74, 6) is -1.83. The molecule has 132 valence electrons. The molecular formula is C15H24F3N3O2. The zero-order valence-electron chi connectivity index (χ0n) is 13.3. The molecule has 23 heavy (non-hydrogen) atoms. The Balaban J connectivity index is 2.10. The maximum Gasteiger partial charge on any atom is 0.393 e. The summed E-state index contributed by atoms with van der Waals surface area (Å²) in [5.41, 5.74) is -1.05. The number of carbonyl (C=O) groups excluding carboxylic acids is 2. The molecule has 1 aliphatic heterocycles. The predicted molar refractivity (Wildman–Crippen MR) is 78.8 cm³/mol. The van der Waals surface area contributed by atoms with Crippen LogP contribution < -0.4 is 10.6 Å². The van der Waals surface area contributed by atoms with Crippen LogP contribution in [0, 0.1) is 5.92 Å². The van der Waals surface area contributed by atoms with Crippen LogP contribution in [0.25, 0.3) is 0 Å². The van der Waals surface area contributed by atoms with Crippen molar-refractivity contribution in [2.45, 2.75) is 57.2 Å². The van der Waals surface area contributed by atoms with Gasteiger partial charge >= 0.3 is 12.2 Å². The Morgan fingerprint density at radius 1 is 1.22 bits per heavy atom. The van der Waals surface area contributed by atoms with Crippen molar-refractivity contribution in [3.63, 3.8) is 0 Å². The minimum absolute atomic E-state index is 0.0596. The van der Waals surface area contributed by atoms with Crippen LogP contribution in [-0.4, -0.2) is 48.2 Å². The fourth-order valence-corrected chi connectivity index (χ4v) is 3.52. The van der Waals surface area contributed by atoms with Crippen molar-refractivity contribution < 1.29 is 22.8 Å². The predicted octanol–water partition coefficient (Wildman–Crippen LogP) is 2.42. The van der Waals surface area contributed by atoms with E-state index < -0.39 is 23.7 Å². The fourth-order valence-electron chi connectivity index (χ4n) is 3.52. The molecule has 1 saturated carbocycles. The van der Waals surface area contributed by atoms with Gasteiger partial charge in [0.15, 0.2) is 0 Å². The Hall–Kier alpha value is -1.47. The van der Waals surface area contributed by atoms with Gasteiger partial charge in [-0.05, 0) is 32.6 Å². The van der Waals surface area contributed by atoms with Crippen molar-refractivity contribution in [3.05, 3.63) is 0 Å². The number of alkyl halides is 3. The van der Waals surface area contributed by atoms with E-state index in [0.717, 1.165) is 12.8 Å². The molecule has 1 aliphatic carbocycles. The Bertz CT molecular complexity index is 448. The minimum Gasteiger partial charge on any atom is -0.340 e. The molecule has 2 rings (SSSR count). The molecule has 2 N–H and O–H groups in total. The van der Waals surface area contributed by atoms with Crippen molar-refractivity contribution in [2.24, 2.45) is 5.92 Å². The van der Waals surface area contributed by atoms with E-state index in [9.17, 15) is 22.8 Å². The van der Waals surface area contributed by atoms with E-state index >= 15 is 0 Å². The molecule has 0 aromatic carbocycles. The molecule has 0 bridgehead atoms. The average Bonchev–Trinajstić information content (AvgIpc) is 2.95. The van der Waals surface area contributed by atoms with E-state index in [0.29, 0.717) is 32.4 Å². The normalized spacial score (nSPS) is 24.3. The van der Waals surface area contributed by atoms with Crippen molar-refractivity contribution in [1.82, 2.24) is 15.5 Å². The Morgan fingerprint density at radius 3 is 2.43 bits per heavy atom. The summed E-state index contributed by atoms with van der Waals surface area (Å²) in [6.45, 7) is 2.21. The largest absolute Gasteiger partial charge is 0.393 e. The van der Waals surface area contributed by atoms with Crippen LogP contribution in [0.1, 0.15) is 45.4 Å². The van der Waals surface area contributed by atoms with Gasteiger partial charge in [-0.2, -0.15) is 13.2 Å². The van der Waals surface area contributed by atoms with Gasteiger partial charge in [-0.15, -0.1) is 0 Å². The summed E-state index contributed by atoms with van der Waals surface area (Å²) in [6.07, 6.45) is -1.35. The summed E-state index contributed by atoms with van der Waals surface area (Å²) >= 11 is 0. The van der Waals surface area contributed by atoms with Crippen LogP contribution in [0.2, 0.25) is 0 Å². The molecule has 1 heterocycles. The molecule has 8 heteroatoms. The van der Waals surface area contributed by atoms with Gasteiger partial charge in [-0.1, -0.05) is 12.8 Å². The first-order chi connectivity index (χ1) is 10.8. The van der Waals surface area contributed by atoms with E-state index in [-0.39, 0.29) is 18.9 Å². The number of halogens is 3. The highest BCUT2D eigenvalue weighted by Gasteiger charge is 2.48. The van der Waals surface area contributed by atoms with Crippen LogP contribution in [0.15, 0.2) is 0 Å². The molecule has 0 spiro atoms. The average molecular weight is 335 g/mol. The topological polar surface area (TPSA) is 61.4 Å². The van der Waals surface area contributed by atoms with Gasteiger partial charge in [-0.25, -0.2) is 4.79 Å². The highest BCUT2D eigenvalue weighted by Crippen LogP contribution is 2.36. The third-order valence-electron chi connectivity index (χ3n) is 4.73. The molecule has 0 unspecified atom stereocenters. The zero-order valence-corrected chi connectivity index (χ0v) is 13.3. The molecule has 1 atom stereocenters. The summed E-state index contributed by atoms with van der Waals surface area (Å²) in [4.78, 5) is 26.0. The SMILES string of the molecule is CCNC(=O)NC1(C(=O)N2CCC[C@H](C(F)(F)F)C2)CCCC1. The number of hydrogen-bond donors (Lipinski definition) is 2. The third kappa shape index (κ3) is 4.09. The number of likely N-dealkylation sites (tertiary alicyclic amines) is 1. The Morgan fingerprint density at radius 2 is 1.87 bits per heavy atom. The lowest BCUT2D eigenvalue weighted by atomic mass is 9.91. The second-order valence-corrected chi connectivity index (χ2v) is 6.41. The van der Waals surface area contributed by atoms with Crippen LogP contribution >= 0.6 is 0 Å². The smallest absolute Gasteiger partial charge is 0.340 e. The molecule has 0 aromatic rings. The first-order valence-corrected chi connectivity index (χ1v) is 8.20. The number of nitrogens with one attached hydrogen (secondary N) is 2. The standard InChI is InChI=1S/C15H24F3N3O2/c1-2-19-13(23)20-14(7-3-4-8-14)12(22)21-9-5-6-11(10-21)15(16,17)18/h11H,2-10H2,1H3,(H2,19,20,23)/t11-/m0/s1. The molecule has 0 radical (unpaired) electrons. The van der Waals surface area contributed by atoms with E-state index in [1.807, 2.05) is 0 Å². The molecule has 0 aromatic heterocycles. The van der Waals surface area contributed by atoms with E-state index in [4.69, 9.17) is 0 Å². The van der Waals surface area contributed by atoms with E-state index in [1.54, 1.807) is 6.92 Å². The number of carbonyl (C=O) groups is 2. The summed E-state index contributed by atoms with van der Waals surface area (Å²) < 4.78 is 38.8. The van der Waals surface area contributed by atoms with Gasteiger partial charge in [-0.3, -0.25) is 4.79 Å². The second kappa shape index (κ2) is 6.97. The molecule has 2 fully saturated rings. The van der Waals surface area contributed by atoms with Gasteiger partial charge in [0.05, 0.1) is 5.92 Å². The lowest BCUT2D eigenvalue weighted by molar-refractivity contribution is -0.189. The van der Waals surface area contributed by atoms with Crippen LogP contribution in [-0.2, 0) is 4.79 Å². The first-order valence-electron chi connectivity index (χ1n) is 8.20. The second-order valence-electron chi connectivity index (χ2n) is 6.41. The lowest BCUT2D eigenvalue weighted by Crippen LogP contribution is -2.61. The maximum absolute atomic E-state index is 12.9. The van der Waals surface area contributed by atoms with Crippen molar-refractivity contribution in [3.8, 4) is 0 Å². The van der Waals surface area contributed by atoms with E-state index in [2.05, 4.69) is 10.6 Å². The highest BCUT2D eigenvalue weighted by molar-refractivity contribution is 5.91. The molecule has 5 nitrogen and oxygen atoms in total. The van der Waals surface area contributed by atoms with E-state index in [1.165, 1.54) is 4.90 Å². The monoisotopic (exact) mass is 335 g/mol. The fraction of sp³-hybridized carbons (Fsp3) is 0.867. The summed E-state index contributed by atoms with van der Waals surface area (Å²) in [7, 11) is 0. The summed E-state index contributed by atoms with van der Waals surface area (Å²) in [5, 5.41) is 5.31. The van der Waals surface area contributed by atoms with Gasteiger partial charge in [0.25, 0.3) is 0 Å². The maximum atomic E-state index is 12.9. The van der Waals surface area contributed by atoms with Gasteiger partial charge in [0, 0.05) is 19.6 Å². The number of nitrogens with zero attached hydrogens (tertiary/aromatic N) is 1. The van der Waals surface area contributed by atoms with Crippen LogP contribution in [0.3, 0.4) is 0 Å². The number of amides is 3. The van der Waals surface area contributed by atoms with Gasteiger partial charge < -0.3 is 15.5 Å². The lowest BCUT2D eigenvalue weighted by Gasteiger charge is -2.39. The highest BCUT2D eigenvalue weighted by atomic mass is 19.4. The summed E-state index contributed by atoms with van der Waals surface area (Å²) in [6, 6.07) is -0.438. The van der Waals surface area contributed by atoms with Crippen LogP contribution in [0.4, 0.5) is 18.0 Å². The molecular weight excluding hydrogens is 311 g/mol. The van der Waals surface area contributed by atoms with Crippen molar-refractivity contribution in [2.75, 3.05) is 19.6 Å². The molecule has 2 aliphatic rings. The molecule has 1 saturated heterocycles. The Labute approximate surface area is 134 Å². The molecule has 3 amide bonds. The third-order valence-corrected chi connectivity index (χ3v) is 4.73. The first kappa shape index (κ1) is 17.9. The van der Waals surface area contributed by atoms with Crippen molar-refractivity contribution in [1.29, 1.82) is 0 Å². The quantitative estimate of drug-likeness (QED) is 0.832. The zero-order chi connectivity index (χ0) is 17.1. The Kier molecular flexibility index (Phi) is 5.41. The number of urea groups is 1. The number of piperidine rings is 1. The van der Waals surface area contributed by atoms with Gasteiger partial charge in [0.1, 0.15) is 5.54 Å². The number of rotatable bonds is 3. The minimum atomic E-state index is -4.28. The van der Waals surface area contributed by atoms with Gasteiger partial charge in [0.2, 0.25) is 5.91 Å². The number of hydrogen-bond acceptors (Lipinski definition) is 2. The van der Waals surface area contributed by atoms with Crippen molar-refractivity contribution >= 4 is 11.9 Å².